The lowest BCUT2D eigenvalue weighted by atomic mass is 10.2. The van der Waals surface area contributed by atoms with E-state index >= 15 is 0 Å². The summed E-state index contributed by atoms with van der Waals surface area (Å²) >= 11 is 0. The molecule has 4 heteroatoms. The van der Waals surface area contributed by atoms with E-state index in [0.717, 1.165) is 0 Å². The van der Waals surface area contributed by atoms with Gasteiger partial charge in [-0.2, -0.15) is 0 Å². The zero-order valence-corrected chi connectivity index (χ0v) is 6.10. The Morgan fingerprint density at radius 2 is 2.22 bits per heavy atom. The van der Waals surface area contributed by atoms with Crippen molar-refractivity contribution in [2.75, 3.05) is 5.75 Å². The van der Waals surface area contributed by atoms with Crippen LogP contribution < -0.4 is 0 Å². The van der Waals surface area contributed by atoms with Gasteiger partial charge in [-0.05, 0) is 6.92 Å². The highest BCUT2D eigenvalue weighted by atomic mass is 32.2. The Labute approximate surface area is 56.0 Å². The zero-order valence-electron chi connectivity index (χ0n) is 5.20. The number of rotatable bonds is 3. The van der Waals surface area contributed by atoms with E-state index in [1.807, 2.05) is 0 Å². The minimum absolute atomic E-state index is 0.218. The third-order valence-corrected chi connectivity index (χ3v) is 1.53. The molecule has 0 saturated carbocycles. The lowest BCUT2D eigenvalue weighted by molar-refractivity contribution is 0.235. The minimum Gasteiger partial charge on any atom is -0.388 e. The Kier molecular flexibility index (Phi) is 3.49. The van der Waals surface area contributed by atoms with Crippen molar-refractivity contribution in [2.45, 2.75) is 13.0 Å². The van der Waals surface area contributed by atoms with Crippen molar-refractivity contribution in [2.24, 2.45) is 0 Å². The van der Waals surface area contributed by atoms with Crippen LogP contribution in [-0.2, 0) is 10.7 Å². The normalized spacial score (nSPS) is 13.7. The molecule has 0 fully saturated rings. The second-order valence-electron chi connectivity index (χ2n) is 1.88. The molecule has 0 spiro atoms. The lowest BCUT2D eigenvalue weighted by Crippen LogP contribution is -2.13. The van der Waals surface area contributed by atoms with Gasteiger partial charge in [0.05, 0.1) is 11.9 Å². The minimum atomic E-state index is -2.48. The summed E-state index contributed by atoms with van der Waals surface area (Å²) in [5, 5.41) is 8.81. The van der Waals surface area contributed by atoms with Crippen LogP contribution in [0.25, 0.3) is 0 Å². The van der Waals surface area contributed by atoms with E-state index in [9.17, 15) is 8.42 Å². The number of thiol groups is 1. The van der Waals surface area contributed by atoms with Crippen molar-refractivity contribution < 1.29 is 13.5 Å². The molecule has 1 N–H and O–H groups in total. The summed E-state index contributed by atoms with van der Waals surface area (Å²) in [4.78, 5) is 0. The first-order valence-corrected chi connectivity index (χ1v) is 3.85. The molecule has 0 amide bonds. The van der Waals surface area contributed by atoms with E-state index in [2.05, 4.69) is 6.58 Å². The molecule has 0 aliphatic carbocycles. The van der Waals surface area contributed by atoms with Crippen LogP contribution in [0.15, 0.2) is 12.2 Å². The van der Waals surface area contributed by atoms with Gasteiger partial charge in [0.25, 0.3) is 0 Å². The Morgan fingerprint density at radius 3 is 2.33 bits per heavy atom. The van der Waals surface area contributed by atoms with E-state index in [1.165, 1.54) is 0 Å². The van der Waals surface area contributed by atoms with Gasteiger partial charge in [-0.3, -0.25) is 0 Å². The van der Waals surface area contributed by atoms with Crippen LogP contribution in [0, 0.1) is 0 Å². The first-order valence-electron chi connectivity index (χ1n) is 2.49. The molecule has 1 atom stereocenters. The molecule has 0 radical (unpaired) electrons. The number of aliphatic hydroxyl groups is 1. The Balaban J connectivity index is 3.77. The summed E-state index contributed by atoms with van der Waals surface area (Å²) in [6.45, 7) is 4.98. The van der Waals surface area contributed by atoms with Crippen LogP contribution >= 0.6 is 0 Å². The fourth-order valence-electron chi connectivity index (χ4n) is 0.297. The molecular weight excluding hydrogens is 140 g/mol. The van der Waals surface area contributed by atoms with Gasteiger partial charge in [0.15, 0.2) is 0 Å². The maximum absolute atomic E-state index is 9.95. The topological polar surface area (TPSA) is 54.4 Å². The van der Waals surface area contributed by atoms with Gasteiger partial charge in [-0.25, -0.2) is 8.42 Å². The monoisotopic (exact) mass is 150 g/mol. The van der Waals surface area contributed by atoms with Crippen LogP contribution in [0.4, 0.5) is 0 Å². The summed E-state index contributed by atoms with van der Waals surface area (Å²) in [6, 6.07) is 0. The first kappa shape index (κ1) is 8.65. The summed E-state index contributed by atoms with van der Waals surface area (Å²) in [6.07, 6.45) is -0.897. The number of aliphatic hydroxyl groups excluding tert-OH is 1. The maximum atomic E-state index is 9.95. The molecule has 0 aromatic carbocycles. The Bertz CT molecular complexity index is 163. The van der Waals surface area contributed by atoms with Crippen molar-refractivity contribution in [3.05, 3.63) is 12.2 Å². The molecule has 0 aromatic rings. The van der Waals surface area contributed by atoms with Crippen LogP contribution in [0.3, 0.4) is 0 Å². The third-order valence-electron chi connectivity index (χ3n) is 0.891. The van der Waals surface area contributed by atoms with E-state index in [4.69, 9.17) is 5.11 Å². The quantitative estimate of drug-likeness (QED) is 0.422. The van der Waals surface area contributed by atoms with E-state index < -0.39 is 16.8 Å². The molecule has 0 aliphatic heterocycles. The molecule has 0 aromatic heterocycles. The fourth-order valence-corrected chi connectivity index (χ4v) is 0.891. The summed E-state index contributed by atoms with van der Waals surface area (Å²) in [5.74, 6) is -0.218. The van der Waals surface area contributed by atoms with Crippen LogP contribution in [0.1, 0.15) is 6.92 Å². The van der Waals surface area contributed by atoms with Gasteiger partial charge in [-0.1, -0.05) is 12.2 Å². The summed E-state index contributed by atoms with van der Waals surface area (Å²) in [7, 11) is -2.48. The maximum Gasteiger partial charge on any atom is 0.143 e. The molecule has 0 aliphatic rings. The molecule has 3 nitrogen and oxygen atoms in total. The van der Waals surface area contributed by atoms with Crippen molar-refractivity contribution >= 4 is 10.7 Å². The molecule has 9 heavy (non-hydrogen) atoms. The van der Waals surface area contributed by atoms with Crippen molar-refractivity contribution in [3.8, 4) is 0 Å². The second-order valence-corrected chi connectivity index (χ2v) is 2.91. The SMILES string of the molecule is C=C(C)C(O)C[SH](=O)=O. The van der Waals surface area contributed by atoms with Crippen LogP contribution in [-0.4, -0.2) is 25.4 Å². The molecule has 0 heterocycles. The van der Waals surface area contributed by atoms with Crippen molar-refractivity contribution in [1.29, 1.82) is 0 Å². The highest BCUT2D eigenvalue weighted by Crippen LogP contribution is 1.95. The number of hydrogen-bond donors (Lipinski definition) is 2. The third kappa shape index (κ3) is 4.17. The average Bonchev–Trinajstić information content (AvgIpc) is 1.63. The van der Waals surface area contributed by atoms with Gasteiger partial charge in [-0.15, -0.1) is 0 Å². The van der Waals surface area contributed by atoms with E-state index in [0.29, 0.717) is 5.57 Å². The predicted molar refractivity (Wildman–Crippen MR) is 36.0 cm³/mol. The summed E-state index contributed by atoms with van der Waals surface area (Å²) < 4.78 is 19.9. The van der Waals surface area contributed by atoms with E-state index in [1.54, 1.807) is 6.92 Å². The lowest BCUT2D eigenvalue weighted by Gasteiger charge is -2.02. The first-order chi connectivity index (χ1) is 4.04. The van der Waals surface area contributed by atoms with Gasteiger partial charge >= 0.3 is 0 Å². The fraction of sp³-hybridized carbons (Fsp3) is 0.600. The molecular formula is C5H10O3S. The predicted octanol–water partition coefficient (Wildman–Crippen LogP) is -0.465. The van der Waals surface area contributed by atoms with Gasteiger partial charge in [0, 0.05) is 0 Å². The molecule has 0 rings (SSSR count). The van der Waals surface area contributed by atoms with Gasteiger partial charge in [0.1, 0.15) is 10.7 Å². The standard InChI is InChI=1S/C5H10O3S/c1-4(2)5(6)3-9(7)8/h5-6,9H,1,3H2,2H3. The van der Waals surface area contributed by atoms with Gasteiger partial charge in [0.2, 0.25) is 0 Å². The average molecular weight is 150 g/mol. The highest BCUT2D eigenvalue weighted by Gasteiger charge is 2.03. The van der Waals surface area contributed by atoms with E-state index in [-0.39, 0.29) is 5.75 Å². The largest absolute Gasteiger partial charge is 0.388 e. The van der Waals surface area contributed by atoms with Crippen molar-refractivity contribution in [3.63, 3.8) is 0 Å². The number of hydrogen-bond acceptors (Lipinski definition) is 3. The zero-order chi connectivity index (χ0) is 7.44. The Morgan fingerprint density at radius 1 is 1.78 bits per heavy atom. The second kappa shape index (κ2) is 3.63. The van der Waals surface area contributed by atoms with Crippen molar-refractivity contribution in [1.82, 2.24) is 0 Å². The molecule has 0 saturated heterocycles. The van der Waals surface area contributed by atoms with Crippen LogP contribution in [0.2, 0.25) is 0 Å². The summed E-state index contributed by atoms with van der Waals surface area (Å²) in [5.41, 5.74) is 0.481. The molecule has 1 unspecified atom stereocenters. The molecule has 0 bridgehead atoms. The highest BCUT2D eigenvalue weighted by molar-refractivity contribution is 7.72. The van der Waals surface area contributed by atoms with Gasteiger partial charge < -0.3 is 5.11 Å². The van der Waals surface area contributed by atoms with Crippen LogP contribution in [0.5, 0.6) is 0 Å². The smallest absolute Gasteiger partial charge is 0.143 e. The molecule has 54 valence electrons. The Hall–Kier alpha value is -0.350.